The van der Waals surface area contributed by atoms with Gasteiger partial charge in [0.2, 0.25) is 5.91 Å². The molecule has 146 valence electrons. The van der Waals surface area contributed by atoms with Crippen molar-refractivity contribution in [1.82, 2.24) is 10.3 Å². The van der Waals surface area contributed by atoms with Crippen molar-refractivity contribution in [2.24, 2.45) is 0 Å². The SMILES string of the molecule is CC(=O)NCc1ccc(-c2csc(NC(=O)c3ccc(OC(F)F)cc3)n2)o1. The molecule has 0 fully saturated rings. The van der Waals surface area contributed by atoms with E-state index in [-0.39, 0.29) is 23.8 Å². The van der Waals surface area contributed by atoms with Crippen LogP contribution in [0.1, 0.15) is 23.0 Å². The highest BCUT2D eigenvalue weighted by Crippen LogP contribution is 2.27. The summed E-state index contributed by atoms with van der Waals surface area (Å²) in [5, 5.41) is 7.34. The molecule has 0 spiro atoms. The molecule has 2 heterocycles. The van der Waals surface area contributed by atoms with Gasteiger partial charge < -0.3 is 14.5 Å². The molecule has 0 bridgehead atoms. The number of amides is 2. The minimum absolute atomic E-state index is 0.0315. The molecule has 1 aromatic carbocycles. The molecule has 0 aliphatic rings. The third-order valence-corrected chi connectivity index (χ3v) is 4.25. The van der Waals surface area contributed by atoms with Gasteiger partial charge in [0.15, 0.2) is 10.9 Å². The van der Waals surface area contributed by atoms with E-state index in [9.17, 15) is 18.4 Å². The summed E-state index contributed by atoms with van der Waals surface area (Å²) in [5.74, 6) is 0.456. The molecule has 7 nitrogen and oxygen atoms in total. The average molecular weight is 407 g/mol. The van der Waals surface area contributed by atoms with Gasteiger partial charge in [-0.25, -0.2) is 4.98 Å². The second-order valence-corrected chi connectivity index (χ2v) is 6.43. The van der Waals surface area contributed by atoms with Gasteiger partial charge >= 0.3 is 6.61 Å². The maximum absolute atomic E-state index is 12.2. The lowest BCUT2D eigenvalue weighted by molar-refractivity contribution is -0.119. The van der Waals surface area contributed by atoms with E-state index in [4.69, 9.17) is 4.42 Å². The lowest BCUT2D eigenvalue weighted by Crippen LogP contribution is -2.18. The monoisotopic (exact) mass is 407 g/mol. The zero-order valence-corrected chi connectivity index (χ0v) is 15.4. The van der Waals surface area contributed by atoms with E-state index in [1.54, 1.807) is 17.5 Å². The number of hydrogen-bond acceptors (Lipinski definition) is 6. The Morgan fingerprint density at radius 2 is 1.96 bits per heavy atom. The van der Waals surface area contributed by atoms with Crippen LogP contribution in [0, 0.1) is 0 Å². The number of nitrogens with one attached hydrogen (secondary N) is 2. The number of aromatic nitrogens is 1. The summed E-state index contributed by atoms with van der Waals surface area (Å²) in [5.41, 5.74) is 0.809. The number of hydrogen-bond donors (Lipinski definition) is 2. The van der Waals surface area contributed by atoms with E-state index < -0.39 is 12.5 Å². The van der Waals surface area contributed by atoms with Crippen molar-refractivity contribution in [3.63, 3.8) is 0 Å². The van der Waals surface area contributed by atoms with Gasteiger partial charge in [-0.15, -0.1) is 11.3 Å². The van der Waals surface area contributed by atoms with Crippen molar-refractivity contribution in [3.05, 3.63) is 53.1 Å². The van der Waals surface area contributed by atoms with E-state index >= 15 is 0 Å². The Labute approximate surface area is 162 Å². The lowest BCUT2D eigenvalue weighted by atomic mass is 10.2. The van der Waals surface area contributed by atoms with Crippen LogP contribution in [-0.2, 0) is 11.3 Å². The minimum atomic E-state index is -2.92. The summed E-state index contributed by atoms with van der Waals surface area (Å²) in [6.07, 6.45) is 0. The van der Waals surface area contributed by atoms with Crippen molar-refractivity contribution in [2.75, 3.05) is 5.32 Å². The van der Waals surface area contributed by atoms with Gasteiger partial charge in [0.1, 0.15) is 17.2 Å². The van der Waals surface area contributed by atoms with Gasteiger partial charge in [0, 0.05) is 17.9 Å². The Morgan fingerprint density at radius 3 is 2.64 bits per heavy atom. The molecule has 10 heteroatoms. The Kier molecular flexibility index (Phi) is 5.99. The molecule has 0 unspecified atom stereocenters. The van der Waals surface area contributed by atoms with Crippen molar-refractivity contribution in [2.45, 2.75) is 20.1 Å². The third-order valence-electron chi connectivity index (χ3n) is 3.49. The summed E-state index contributed by atoms with van der Waals surface area (Å²) in [6, 6.07) is 8.78. The third kappa shape index (κ3) is 5.13. The van der Waals surface area contributed by atoms with Gasteiger partial charge in [0.25, 0.3) is 5.91 Å². The summed E-state index contributed by atoms with van der Waals surface area (Å²) < 4.78 is 34.2. The minimum Gasteiger partial charge on any atom is -0.458 e. The van der Waals surface area contributed by atoms with Crippen LogP contribution in [0.15, 0.2) is 46.2 Å². The highest BCUT2D eigenvalue weighted by Gasteiger charge is 2.13. The van der Waals surface area contributed by atoms with Crippen molar-refractivity contribution in [3.8, 4) is 17.2 Å². The number of nitrogens with zero attached hydrogens (tertiary/aromatic N) is 1. The van der Waals surface area contributed by atoms with Crippen LogP contribution >= 0.6 is 11.3 Å². The summed E-state index contributed by atoms with van der Waals surface area (Å²) in [7, 11) is 0. The number of furan rings is 1. The van der Waals surface area contributed by atoms with Crippen LogP contribution < -0.4 is 15.4 Å². The maximum Gasteiger partial charge on any atom is 0.387 e. The Bertz CT molecular complexity index is 969. The second-order valence-electron chi connectivity index (χ2n) is 5.57. The molecule has 28 heavy (non-hydrogen) atoms. The van der Waals surface area contributed by atoms with Gasteiger partial charge in [-0.2, -0.15) is 8.78 Å². The first-order valence-electron chi connectivity index (χ1n) is 8.06. The van der Waals surface area contributed by atoms with Crippen LogP contribution in [0.4, 0.5) is 13.9 Å². The standard InChI is InChI=1S/C18H15F2N3O4S/c1-10(24)21-8-13-6-7-15(26-13)14-9-28-18(22-14)23-16(25)11-2-4-12(5-3-11)27-17(19)20/h2-7,9,17H,8H2,1H3,(H,21,24)(H,22,23,25). The van der Waals surface area contributed by atoms with Gasteiger partial charge in [-0.05, 0) is 36.4 Å². The van der Waals surface area contributed by atoms with Crippen LogP contribution in [-0.4, -0.2) is 23.4 Å². The second kappa shape index (κ2) is 8.61. The molecule has 0 aliphatic carbocycles. The largest absolute Gasteiger partial charge is 0.458 e. The molecule has 0 radical (unpaired) electrons. The first-order valence-corrected chi connectivity index (χ1v) is 8.94. The Hall–Kier alpha value is -3.27. The first-order chi connectivity index (χ1) is 13.4. The fraction of sp³-hybridized carbons (Fsp3) is 0.167. The quantitative estimate of drug-likeness (QED) is 0.620. The number of anilines is 1. The molecule has 2 amide bonds. The molecule has 0 atom stereocenters. The van der Waals surface area contributed by atoms with Crippen LogP contribution in [0.5, 0.6) is 5.75 Å². The topological polar surface area (TPSA) is 93.5 Å². The van der Waals surface area contributed by atoms with Crippen molar-refractivity contribution >= 4 is 28.3 Å². The van der Waals surface area contributed by atoms with Crippen LogP contribution in [0.25, 0.3) is 11.5 Å². The van der Waals surface area contributed by atoms with Gasteiger partial charge in [0.05, 0.1) is 6.54 Å². The summed E-state index contributed by atoms with van der Waals surface area (Å²) >= 11 is 1.21. The molecule has 0 saturated carbocycles. The zero-order valence-electron chi connectivity index (χ0n) is 14.6. The molecule has 0 saturated heterocycles. The maximum atomic E-state index is 12.2. The van der Waals surface area contributed by atoms with E-state index in [0.717, 1.165) is 0 Å². The predicted octanol–water partition coefficient (Wildman–Crippen LogP) is 3.89. The van der Waals surface area contributed by atoms with Gasteiger partial charge in [-0.3, -0.25) is 14.9 Å². The smallest absolute Gasteiger partial charge is 0.387 e. The lowest BCUT2D eigenvalue weighted by Gasteiger charge is -2.05. The number of rotatable bonds is 7. The van der Waals surface area contributed by atoms with Crippen LogP contribution in [0.2, 0.25) is 0 Å². The number of carbonyl (C=O) groups is 2. The van der Waals surface area contributed by atoms with E-state index in [2.05, 4.69) is 20.4 Å². The van der Waals surface area contributed by atoms with E-state index in [1.165, 1.54) is 42.5 Å². The molecule has 3 rings (SSSR count). The number of carbonyl (C=O) groups excluding carboxylic acids is 2. The first kappa shape index (κ1) is 19.5. The number of ether oxygens (including phenoxy) is 1. The fourth-order valence-electron chi connectivity index (χ4n) is 2.22. The molecule has 2 aromatic heterocycles. The molecular weight excluding hydrogens is 392 g/mol. The average Bonchev–Trinajstić information content (AvgIpc) is 3.29. The molecule has 3 aromatic rings. The highest BCUT2D eigenvalue weighted by atomic mass is 32.1. The number of alkyl halides is 2. The Morgan fingerprint density at radius 1 is 1.21 bits per heavy atom. The normalized spacial score (nSPS) is 10.7. The number of benzene rings is 1. The predicted molar refractivity (Wildman–Crippen MR) is 98.4 cm³/mol. The zero-order chi connectivity index (χ0) is 20.1. The summed E-state index contributed by atoms with van der Waals surface area (Å²) in [6.45, 7) is -1.23. The van der Waals surface area contributed by atoms with E-state index in [1.807, 2.05) is 0 Å². The highest BCUT2D eigenvalue weighted by molar-refractivity contribution is 7.14. The molecular formula is C18H15F2N3O4S. The van der Waals surface area contributed by atoms with Crippen LogP contribution in [0.3, 0.4) is 0 Å². The number of thiazole rings is 1. The fourth-order valence-corrected chi connectivity index (χ4v) is 2.92. The molecule has 2 N–H and O–H groups in total. The van der Waals surface area contributed by atoms with Crippen molar-refractivity contribution in [1.29, 1.82) is 0 Å². The Balaban J connectivity index is 1.62. The van der Waals surface area contributed by atoms with Crippen molar-refractivity contribution < 1.29 is 27.5 Å². The van der Waals surface area contributed by atoms with Gasteiger partial charge in [-0.1, -0.05) is 0 Å². The molecule has 0 aliphatic heterocycles. The van der Waals surface area contributed by atoms with E-state index in [0.29, 0.717) is 22.3 Å². The number of halogens is 2. The summed E-state index contributed by atoms with van der Waals surface area (Å²) in [4.78, 5) is 27.5.